The summed E-state index contributed by atoms with van der Waals surface area (Å²) in [5.41, 5.74) is 2.11. The van der Waals surface area contributed by atoms with E-state index >= 15 is 0 Å². The second-order valence-electron chi connectivity index (χ2n) is 4.47. The minimum absolute atomic E-state index is 0.288. The molecule has 2 aromatic heterocycles. The van der Waals surface area contributed by atoms with Gasteiger partial charge in [-0.15, -0.1) is 5.10 Å². The predicted octanol–water partition coefficient (Wildman–Crippen LogP) is 1.28. The molecule has 0 amide bonds. The molecule has 2 heterocycles. The van der Waals surface area contributed by atoms with Crippen LogP contribution >= 0.6 is 0 Å². The summed E-state index contributed by atoms with van der Waals surface area (Å²) in [6.45, 7) is 5.54. The number of carbonyl (C=O) groups is 1. The molecule has 0 fully saturated rings. The van der Waals surface area contributed by atoms with Gasteiger partial charge in [0.2, 0.25) is 0 Å². The van der Waals surface area contributed by atoms with Gasteiger partial charge in [0.1, 0.15) is 0 Å². The lowest BCUT2D eigenvalue weighted by molar-refractivity contribution is 0.0592. The molecule has 0 unspecified atom stereocenters. The molecular formula is C13H19N5O2. The maximum Gasteiger partial charge on any atom is 0.360 e. The number of rotatable bonds is 6. The van der Waals surface area contributed by atoms with Crippen molar-refractivity contribution < 1.29 is 9.53 Å². The second-order valence-corrected chi connectivity index (χ2v) is 4.47. The topological polar surface area (TPSA) is 74.8 Å². The van der Waals surface area contributed by atoms with Gasteiger partial charge in [0.05, 0.1) is 37.6 Å². The summed E-state index contributed by atoms with van der Waals surface area (Å²) in [4.78, 5) is 15.8. The third kappa shape index (κ3) is 2.71. The van der Waals surface area contributed by atoms with Crippen LogP contribution in [0.5, 0.6) is 0 Å². The van der Waals surface area contributed by atoms with Crippen molar-refractivity contribution in [1.29, 1.82) is 0 Å². The Bertz CT molecular complexity index is 587. The van der Waals surface area contributed by atoms with Gasteiger partial charge in [0.15, 0.2) is 5.69 Å². The summed E-state index contributed by atoms with van der Waals surface area (Å²) in [6.07, 6.45) is 5.32. The number of imidazole rings is 1. The van der Waals surface area contributed by atoms with Crippen molar-refractivity contribution in [2.75, 3.05) is 7.11 Å². The monoisotopic (exact) mass is 277 g/mol. The Kier molecular flexibility index (Phi) is 4.49. The first-order valence-corrected chi connectivity index (χ1v) is 6.70. The molecule has 0 aliphatic heterocycles. The van der Waals surface area contributed by atoms with Gasteiger partial charge in [-0.05, 0) is 12.8 Å². The lowest BCUT2D eigenvalue weighted by Gasteiger charge is -2.08. The zero-order valence-electron chi connectivity index (χ0n) is 12.0. The summed E-state index contributed by atoms with van der Waals surface area (Å²) in [7, 11) is 1.34. The molecule has 20 heavy (non-hydrogen) atoms. The first-order chi connectivity index (χ1) is 9.71. The van der Waals surface area contributed by atoms with E-state index < -0.39 is 5.97 Å². The van der Waals surface area contributed by atoms with E-state index in [1.165, 1.54) is 7.11 Å². The second kappa shape index (κ2) is 6.31. The number of nitrogens with zero attached hydrogens (tertiary/aromatic N) is 5. The van der Waals surface area contributed by atoms with Crippen LogP contribution in [0.25, 0.3) is 0 Å². The van der Waals surface area contributed by atoms with E-state index in [0.29, 0.717) is 13.0 Å². The van der Waals surface area contributed by atoms with Crippen LogP contribution in [0.3, 0.4) is 0 Å². The molecule has 0 saturated heterocycles. The van der Waals surface area contributed by atoms with Gasteiger partial charge in [-0.2, -0.15) is 0 Å². The van der Waals surface area contributed by atoms with Crippen molar-refractivity contribution in [3.63, 3.8) is 0 Å². The molecule has 0 aliphatic rings. The molecule has 0 N–H and O–H groups in total. The van der Waals surface area contributed by atoms with E-state index in [4.69, 9.17) is 4.74 Å². The van der Waals surface area contributed by atoms with Crippen LogP contribution in [-0.4, -0.2) is 37.6 Å². The number of carbonyl (C=O) groups excluding carboxylic acids is 1. The van der Waals surface area contributed by atoms with Gasteiger partial charge in [-0.25, -0.2) is 14.5 Å². The molecule has 0 atom stereocenters. The molecule has 7 nitrogen and oxygen atoms in total. The number of ether oxygens (including phenoxy) is 1. The molecule has 0 aliphatic carbocycles. The molecule has 2 rings (SSSR count). The molecule has 2 aromatic rings. The Morgan fingerprint density at radius 1 is 1.40 bits per heavy atom. The number of esters is 1. The smallest absolute Gasteiger partial charge is 0.360 e. The quantitative estimate of drug-likeness (QED) is 0.744. The van der Waals surface area contributed by atoms with Gasteiger partial charge in [-0.3, -0.25) is 0 Å². The normalized spacial score (nSPS) is 10.8. The van der Waals surface area contributed by atoms with E-state index in [9.17, 15) is 4.79 Å². The molecule has 0 bridgehead atoms. The van der Waals surface area contributed by atoms with E-state index in [2.05, 4.69) is 26.8 Å². The Labute approximate surface area is 117 Å². The third-order valence-electron chi connectivity index (χ3n) is 3.13. The summed E-state index contributed by atoms with van der Waals surface area (Å²) < 4.78 is 8.53. The van der Waals surface area contributed by atoms with Crippen molar-refractivity contribution >= 4 is 5.97 Å². The molecular weight excluding hydrogens is 258 g/mol. The number of aryl methyl sites for hydroxylation is 1. The highest BCUT2D eigenvalue weighted by atomic mass is 16.5. The van der Waals surface area contributed by atoms with E-state index in [0.717, 1.165) is 24.4 Å². The van der Waals surface area contributed by atoms with E-state index in [1.54, 1.807) is 4.68 Å². The Balaban J connectivity index is 2.27. The number of hydrogen-bond acceptors (Lipinski definition) is 5. The average molecular weight is 277 g/mol. The largest absolute Gasteiger partial charge is 0.464 e. The lowest BCUT2D eigenvalue weighted by Crippen LogP contribution is -2.12. The molecule has 0 radical (unpaired) electrons. The SMILES string of the molecule is CCCn1cncc1Cn1nnc(C(=O)OC)c1CC. The van der Waals surface area contributed by atoms with Gasteiger partial charge >= 0.3 is 5.97 Å². The molecule has 108 valence electrons. The first-order valence-electron chi connectivity index (χ1n) is 6.70. The fourth-order valence-corrected chi connectivity index (χ4v) is 2.14. The van der Waals surface area contributed by atoms with E-state index in [-0.39, 0.29) is 5.69 Å². The minimum atomic E-state index is -0.449. The molecule has 0 saturated carbocycles. The van der Waals surface area contributed by atoms with Gasteiger partial charge in [0, 0.05) is 6.54 Å². The fraction of sp³-hybridized carbons (Fsp3) is 0.538. The highest BCUT2D eigenvalue weighted by Crippen LogP contribution is 2.11. The first kappa shape index (κ1) is 14.2. The standard InChI is InChI=1S/C13H19N5O2/c1-4-6-17-9-14-7-10(17)8-18-11(5-2)12(15-16-18)13(19)20-3/h7,9H,4-6,8H2,1-3H3. The fourth-order valence-electron chi connectivity index (χ4n) is 2.14. The Morgan fingerprint density at radius 3 is 2.85 bits per heavy atom. The van der Waals surface area contributed by atoms with Gasteiger partial charge in [0.25, 0.3) is 0 Å². The number of hydrogen-bond donors (Lipinski definition) is 0. The number of aromatic nitrogens is 5. The van der Waals surface area contributed by atoms with Gasteiger partial charge < -0.3 is 9.30 Å². The van der Waals surface area contributed by atoms with Crippen LogP contribution in [0.2, 0.25) is 0 Å². The lowest BCUT2D eigenvalue weighted by atomic mass is 10.2. The van der Waals surface area contributed by atoms with Crippen LogP contribution in [0, 0.1) is 0 Å². The van der Waals surface area contributed by atoms with Crippen molar-refractivity contribution in [3.8, 4) is 0 Å². The summed E-state index contributed by atoms with van der Waals surface area (Å²) in [5, 5.41) is 7.98. The molecule has 0 aromatic carbocycles. The third-order valence-corrected chi connectivity index (χ3v) is 3.13. The van der Waals surface area contributed by atoms with E-state index in [1.807, 2.05) is 19.4 Å². The van der Waals surface area contributed by atoms with Crippen LogP contribution in [-0.2, 0) is 24.2 Å². The highest BCUT2D eigenvalue weighted by Gasteiger charge is 2.19. The van der Waals surface area contributed by atoms with Crippen LogP contribution in [0.1, 0.15) is 42.1 Å². The van der Waals surface area contributed by atoms with Crippen LogP contribution in [0.15, 0.2) is 12.5 Å². The van der Waals surface area contributed by atoms with Crippen molar-refractivity contribution in [3.05, 3.63) is 29.6 Å². The highest BCUT2D eigenvalue weighted by molar-refractivity contribution is 5.88. The van der Waals surface area contributed by atoms with Crippen LogP contribution in [0.4, 0.5) is 0 Å². The Hall–Kier alpha value is -2.18. The molecule has 7 heteroatoms. The van der Waals surface area contributed by atoms with Crippen molar-refractivity contribution in [1.82, 2.24) is 24.5 Å². The maximum atomic E-state index is 11.6. The zero-order valence-corrected chi connectivity index (χ0v) is 12.0. The average Bonchev–Trinajstić information content (AvgIpc) is 3.06. The van der Waals surface area contributed by atoms with Gasteiger partial charge in [-0.1, -0.05) is 19.1 Å². The van der Waals surface area contributed by atoms with Crippen molar-refractivity contribution in [2.45, 2.75) is 39.8 Å². The van der Waals surface area contributed by atoms with Crippen molar-refractivity contribution in [2.24, 2.45) is 0 Å². The number of methoxy groups -OCH3 is 1. The zero-order chi connectivity index (χ0) is 14.5. The van der Waals surface area contributed by atoms with Crippen LogP contribution < -0.4 is 0 Å². The summed E-state index contributed by atoms with van der Waals surface area (Å²) in [5.74, 6) is -0.449. The Morgan fingerprint density at radius 2 is 2.20 bits per heavy atom. The summed E-state index contributed by atoms with van der Waals surface area (Å²) in [6, 6.07) is 0. The maximum absolute atomic E-state index is 11.6. The predicted molar refractivity (Wildman–Crippen MR) is 72.4 cm³/mol. The molecule has 0 spiro atoms. The summed E-state index contributed by atoms with van der Waals surface area (Å²) >= 11 is 0. The minimum Gasteiger partial charge on any atom is -0.464 e.